The number of hydrogen-bond donors (Lipinski definition) is 0. The van der Waals surface area contributed by atoms with Crippen LogP contribution in [0.3, 0.4) is 0 Å². The number of nitrogens with zero attached hydrogens (tertiary/aromatic N) is 2. The van der Waals surface area contributed by atoms with Crippen LogP contribution in [0.2, 0.25) is 10.0 Å². The summed E-state index contributed by atoms with van der Waals surface area (Å²) in [4.78, 5) is 32.5. The minimum atomic E-state index is -0.816. The van der Waals surface area contributed by atoms with Crippen LogP contribution in [0.25, 0.3) is 17.4 Å². The Hall–Kier alpha value is -3.63. The summed E-state index contributed by atoms with van der Waals surface area (Å²) in [5.74, 6) is 0.958. The van der Waals surface area contributed by atoms with E-state index in [0.29, 0.717) is 60.1 Å². The second kappa shape index (κ2) is 13.1. The Morgan fingerprint density at radius 3 is 2.69 bits per heavy atom. The Morgan fingerprint density at radius 1 is 1.10 bits per heavy atom. The van der Waals surface area contributed by atoms with Crippen molar-refractivity contribution >= 4 is 46.6 Å². The van der Waals surface area contributed by atoms with Crippen LogP contribution in [-0.4, -0.2) is 37.5 Å². The Balaban J connectivity index is 1.63. The zero-order valence-corrected chi connectivity index (χ0v) is 25.5. The molecule has 0 radical (unpaired) electrons. The molecule has 0 amide bonds. The number of carbonyl (C=O) groups excluding carboxylic acids is 1. The third-order valence-corrected chi connectivity index (χ3v) is 8.36. The number of rotatable bonds is 10. The van der Waals surface area contributed by atoms with Gasteiger partial charge in [0, 0.05) is 24.3 Å². The first-order valence-electron chi connectivity index (χ1n) is 13.3. The van der Waals surface area contributed by atoms with Crippen LogP contribution in [0.15, 0.2) is 80.1 Å². The number of benzene rings is 2. The SMILES string of the molecule is CCCOc1ccccc1[C@H]1C(C(=O)OCCOC)=C(C)N=c2s/c(=C/c3ccc(-c4cccc(Cl)c4Cl)o3)c(=O)n21. The maximum atomic E-state index is 14.0. The molecular weight excluding hydrogens is 599 g/mol. The van der Waals surface area contributed by atoms with E-state index in [-0.39, 0.29) is 24.3 Å². The molecule has 11 heteroatoms. The molecule has 0 unspecified atom stereocenters. The van der Waals surface area contributed by atoms with Gasteiger partial charge in [0.15, 0.2) is 4.80 Å². The highest BCUT2D eigenvalue weighted by atomic mass is 35.5. The number of aromatic nitrogens is 1. The molecule has 0 spiro atoms. The van der Waals surface area contributed by atoms with E-state index in [1.54, 1.807) is 43.3 Å². The maximum absolute atomic E-state index is 14.0. The first-order chi connectivity index (χ1) is 20.3. The molecule has 8 nitrogen and oxygen atoms in total. The van der Waals surface area contributed by atoms with E-state index >= 15 is 0 Å². The van der Waals surface area contributed by atoms with Gasteiger partial charge in [-0.3, -0.25) is 9.36 Å². The molecule has 4 aromatic rings. The fourth-order valence-corrected chi connectivity index (χ4v) is 6.04. The molecular formula is C31H28Cl2N2O6S. The number of furan rings is 1. The molecule has 0 saturated carbocycles. The summed E-state index contributed by atoms with van der Waals surface area (Å²) in [6.07, 6.45) is 2.45. The number of esters is 1. The number of ether oxygens (including phenoxy) is 3. The lowest BCUT2D eigenvalue weighted by atomic mass is 9.95. The van der Waals surface area contributed by atoms with Gasteiger partial charge in [0.1, 0.15) is 29.9 Å². The Labute approximate surface area is 256 Å². The van der Waals surface area contributed by atoms with E-state index in [2.05, 4.69) is 4.99 Å². The monoisotopic (exact) mass is 626 g/mol. The highest BCUT2D eigenvalue weighted by Gasteiger charge is 2.35. The summed E-state index contributed by atoms with van der Waals surface area (Å²) >= 11 is 13.8. The Bertz CT molecular complexity index is 1840. The van der Waals surface area contributed by atoms with Gasteiger partial charge in [-0.25, -0.2) is 9.79 Å². The van der Waals surface area contributed by atoms with E-state index in [4.69, 9.17) is 41.8 Å². The van der Waals surface area contributed by atoms with E-state index in [1.165, 1.54) is 23.0 Å². The number of allylic oxidation sites excluding steroid dienone is 1. The lowest BCUT2D eigenvalue weighted by Gasteiger charge is -2.26. The number of methoxy groups -OCH3 is 1. The van der Waals surface area contributed by atoms with Gasteiger partial charge in [-0.2, -0.15) is 0 Å². The number of hydrogen-bond acceptors (Lipinski definition) is 8. The molecule has 1 atom stereocenters. The number of fused-ring (bicyclic) bond motifs is 1. The van der Waals surface area contributed by atoms with E-state index in [0.717, 1.165) is 6.42 Å². The fourth-order valence-electron chi connectivity index (χ4n) is 4.62. The van der Waals surface area contributed by atoms with Crippen LogP contribution in [0, 0.1) is 0 Å². The van der Waals surface area contributed by atoms with Crippen LogP contribution in [0.1, 0.15) is 37.6 Å². The minimum absolute atomic E-state index is 0.0642. The van der Waals surface area contributed by atoms with Crippen molar-refractivity contribution in [3.63, 3.8) is 0 Å². The van der Waals surface area contributed by atoms with Gasteiger partial charge < -0.3 is 18.6 Å². The zero-order chi connectivity index (χ0) is 29.8. The molecule has 0 N–H and O–H groups in total. The van der Waals surface area contributed by atoms with Gasteiger partial charge in [-0.1, -0.05) is 65.7 Å². The first kappa shape index (κ1) is 29.8. The molecule has 2 aromatic carbocycles. The summed E-state index contributed by atoms with van der Waals surface area (Å²) in [6.45, 7) is 4.53. The second-order valence-corrected chi connectivity index (χ2v) is 11.2. The van der Waals surface area contributed by atoms with Crippen molar-refractivity contribution in [3.05, 3.63) is 107 Å². The van der Waals surface area contributed by atoms with Crippen molar-refractivity contribution in [2.45, 2.75) is 26.3 Å². The lowest BCUT2D eigenvalue weighted by molar-refractivity contribution is -0.140. The number of carbonyl (C=O) groups is 1. The van der Waals surface area contributed by atoms with Crippen LogP contribution in [0.4, 0.5) is 0 Å². The number of thiazole rings is 1. The maximum Gasteiger partial charge on any atom is 0.338 e. The molecule has 1 aliphatic heterocycles. The van der Waals surface area contributed by atoms with Crippen molar-refractivity contribution in [2.24, 2.45) is 4.99 Å². The van der Waals surface area contributed by atoms with Gasteiger partial charge in [0.05, 0.1) is 39.1 Å². The summed E-state index contributed by atoms with van der Waals surface area (Å²) in [5, 5.41) is 0.791. The first-order valence-corrected chi connectivity index (χ1v) is 14.9. The van der Waals surface area contributed by atoms with Crippen LogP contribution in [0.5, 0.6) is 5.75 Å². The number of para-hydroxylation sites is 1. The third kappa shape index (κ3) is 5.96. The highest BCUT2D eigenvalue weighted by Crippen LogP contribution is 2.36. The van der Waals surface area contributed by atoms with Crippen molar-refractivity contribution < 1.29 is 23.4 Å². The average Bonchev–Trinajstić information content (AvgIpc) is 3.56. The van der Waals surface area contributed by atoms with Crippen LogP contribution < -0.4 is 19.6 Å². The molecule has 2 aromatic heterocycles. The Kier molecular flexibility index (Phi) is 9.33. The third-order valence-electron chi connectivity index (χ3n) is 6.55. The topological polar surface area (TPSA) is 92.3 Å². The van der Waals surface area contributed by atoms with Gasteiger partial charge in [-0.05, 0) is 43.7 Å². The van der Waals surface area contributed by atoms with Crippen molar-refractivity contribution in [1.82, 2.24) is 4.57 Å². The molecule has 0 saturated heterocycles. The summed E-state index contributed by atoms with van der Waals surface area (Å²) in [6, 6.07) is 15.4. The van der Waals surface area contributed by atoms with E-state index in [9.17, 15) is 9.59 Å². The summed E-state index contributed by atoms with van der Waals surface area (Å²) in [7, 11) is 1.53. The molecule has 0 aliphatic carbocycles. The molecule has 0 bridgehead atoms. The van der Waals surface area contributed by atoms with E-state index in [1.807, 2.05) is 31.2 Å². The van der Waals surface area contributed by atoms with Crippen LogP contribution >= 0.6 is 34.5 Å². The average molecular weight is 628 g/mol. The second-order valence-electron chi connectivity index (χ2n) is 9.40. The lowest BCUT2D eigenvalue weighted by Crippen LogP contribution is -2.40. The molecule has 42 heavy (non-hydrogen) atoms. The summed E-state index contributed by atoms with van der Waals surface area (Å²) < 4.78 is 24.5. The number of halogens is 2. The van der Waals surface area contributed by atoms with Gasteiger partial charge >= 0.3 is 5.97 Å². The smallest absolute Gasteiger partial charge is 0.338 e. The normalized spacial score (nSPS) is 15.0. The van der Waals surface area contributed by atoms with Crippen molar-refractivity contribution in [3.8, 4) is 17.1 Å². The standard InChI is InChI=1S/C31H28Cl2N2O6S/c1-4-14-39-23-11-6-5-8-21(23)28-26(30(37)40-16-15-38-3)18(2)34-31-35(28)29(36)25(42-31)17-19-12-13-24(41-19)20-9-7-10-22(32)27(20)33/h5-13,17,28H,4,14-16H2,1-3H3/b25-17+/t28-/m0/s1. The Morgan fingerprint density at radius 2 is 1.90 bits per heavy atom. The predicted molar refractivity (Wildman–Crippen MR) is 163 cm³/mol. The van der Waals surface area contributed by atoms with Crippen molar-refractivity contribution in [2.75, 3.05) is 26.9 Å². The van der Waals surface area contributed by atoms with E-state index < -0.39 is 12.0 Å². The highest BCUT2D eigenvalue weighted by molar-refractivity contribution is 7.07. The largest absolute Gasteiger partial charge is 0.493 e. The van der Waals surface area contributed by atoms with Gasteiger partial charge in [-0.15, -0.1) is 0 Å². The minimum Gasteiger partial charge on any atom is -0.493 e. The quantitative estimate of drug-likeness (QED) is 0.164. The summed E-state index contributed by atoms with van der Waals surface area (Å²) in [5.41, 5.74) is 1.68. The molecule has 1 aliphatic rings. The molecule has 5 rings (SSSR count). The predicted octanol–water partition coefficient (Wildman–Crippen LogP) is 5.78. The van der Waals surface area contributed by atoms with Gasteiger partial charge in [0.25, 0.3) is 5.56 Å². The molecule has 3 heterocycles. The zero-order valence-electron chi connectivity index (χ0n) is 23.2. The van der Waals surface area contributed by atoms with Crippen molar-refractivity contribution in [1.29, 1.82) is 0 Å². The molecule has 0 fully saturated rings. The molecule has 218 valence electrons. The van der Waals surface area contributed by atoms with Gasteiger partial charge in [0.2, 0.25) is 0 Å². The van der Waals surface area contributed by atoms with Crippen LogP contribution in [-0.2, 0) is 14.3 Å². The fraction of sp³-hybridized carbons (Fsp3) is 0.258.